The molecule has 0 saturated carbocycles. The van der Waals surface area contributed by atoms with E-state index in [0.29, 0.717) is 6.54 Å². The molecule has 0 bridgehead atoms. The fourth-order valence-corrected chi connectivity index (χ4v) is 2.06. The Morgan fingerprint density at radius 3 is 2.50 bits per heavy atom. The summed E-state index contributed by atoms with van der Waals surface area (Å²) >= 11 is 0. The Kier molecular flexibility index (Phi) is 3.92. The van der Waals surface area contributed by atoms with E-state index in [4.69, 9.17) is 4.74 Å². The molecule has 0 aromatic carbocycles. The summed E-state index contributed by atoms with van der Waals surface area (Å²) in [6, 6.07) is 0. The number of rotatable bonds is 6. The zero-order valence-corrected chi connectivity index (χ0v) is 9.69. The van der Waals surface area contributed by atoms with E-state index in [-0.39, 0.29) is 16.9 Å². The average molecular weight is 221 g/mol. The Bertz CT molecular complexity index is 270. The zero-order chi connectivity index (χ0) is 10.7. The first-order valence-corrected chi connectivity index (χ1v) is 6.78. The molecule has 0 radical (unpaired) electrons. The molecular weight excluding hydrogens is 202 g/mol. The Balaban J connectivity index is 2.10. The van der Waals surface area contributed by atoms with E-state index in [1.165, 1.54) is 0 Å². The second kappa shape index (κ2) is 4.59. The standard InChI is InChI=1S/C9H19NO3S/c1-3-14(11,12)5-4-10-6-9(2)7-13-8-9/h10H,3-8H2,1-2H3. The molecule has 1 aliphatic heterocycles. The molecule has 1 saturated heterocycles. The van der Waals surface area contributed by atoms with Crippen LogP contribution in [-0.4, -0.2) is 46.2 Å². The minimum atomic E-state index is -2.82. The van der Waals surface area contributed by atoms with Crippen LogP contribution in [0.5, 0.6) is 0 Å². The Labute approximate surface area is 85.9 Å². The van der Waals surface area contributed by atoms with Gasteiger partial charge in [-0.05, 0) is 0 Å². The van der Waals surface area contributed by atoms with Gasteiger partial charge in [-0.25, -0.2) is 8.42 Å². The maximum atomic E-state index is 11.1. The molecule has 0 spiro atoms. The van der Waals surface area contributed by atoms with Gasteiger partial charge in [-0.3, -0.25) is 0 Å². The van der Waals surface area contributed by atoms with Crippen LogP contribution in [0, 0.1) is 5.41 Å². The molecule has 84 valence electrons. The second-order valence-corrected chi connectivity index (χ2v) is 6.69. The van der Waals surface area contributed by atoms with Crippen molar-refractivity contribution in [3.05, 3.63) is 0 Å². The Morgan fingerprint density at radius 2 is 2.07 bits per heavy atom. The number of sulfone groups is 1. The van der Waals surface area contributed by atoms with Crippen molar-refractivity contribution in [2.24, 2.45) is 5.41 Å². The summed E-state index contributed by atoms with van der Waals surface area (Å²) in [5, 5.41) is 3.16. The summed E-state index contributed by atoms with van der Waals surface area (Å²) < 4.78 is 27.4. The lowest BCUT2D eigenvalue weighted by atomic mass is 9.89. The lowest BCUT2D eigenvalue weighted by Crippen LogP contribution is -2.48. The molecule has 0 aromatic rings. The molecule has 4 nitrogen and oxygen atoms in total. The average Bonchev–Trinajstić information content (AvgIpc) is 2.10. The van der Waals surface area contributed by atoms with Crippen molar-refractivity contribution in [1.29, 1.82) is 0 Å². The summed E-state index contributed by atoms with van der Waals surface area (Å²) in [5.74, 6) is 0.468. The van der Waals surface area contributed by atoms with Crippen LogP contribution in [0.25, 0.3) is 0 Å². The van der Waals surface area contributed by atoms with Crippen molar-refractivity contribution in [2.75, 3.05) is 37.8 Å². The summed E-state index contributed by atoms with van der Waals surface area (Å²) in [6.07, 6.45) is 0. The Hall–Kier alpha value is -0.130. The van der Waals surface area contributed by atoms with Gasteiger partial charge in [-0.2, -0.15) is 0 Å². The lowest BCUT2D eigenvalue weighted by molar-refractivity contribution is -0.0987. The van der Waals surface area contributed by atoms with Gasteiger partial charge in [0.2, 0.25) is 0 Å². The molecule has 0 aromatic heterocycles. The van der Waals surface area contributed by atoms with Gasteiger partial charge in [-0.15, -0.1) is 0 Å². The van der Waals surface area contributed by atoms with Crippen LogP contribution in [0.2, 0.25) is 0 Å². The van der Waals surface area contributed by atoms with Crippen LogP contribution in [0.3, 0.4) is 0 Å². The molecular formula is C9H19NO3S. The summed E-state index contributed by atoms with van der Waals surface area (Å²) in [5.41, 5.74) is 0.218. The van der Waals surface area contributed by atoms with Crippen molar-refractivity contribution in [3.8, 4) is 0 Å². The van der Waals surface area contributed by atoms with E-state index < -0.39 is 9.84 Å². The predicted octanol–water partition coefficient (Wildman–Crippen LogP) is 0.0472. The van der Waals surface area contributed by atoms with Crippen molar-refractivity contribution in [1.82, 2.24) is 5.32 Å². The normalized spacial score (nSPS) is 20.4. The van der Waals surface area contributed by atoms with Crippen LogP contribution in [0.1, 0.15) is 13.8 Å². The Morgan fingerprint density at radius 1 is 1.43 bits per heavy atom. The molecule has 0 unspecified atom stereocenters. The van der Waals surface area contributed by atoms with Crippen molar-refractivity contribution in [2.45, 2.75) is 13.8 Å². The summed E-state index contributed by atoms with van der Waals surface area (Å²) in [4.78, 5) is 0. The highest BCUT2D eigenvalue weighted by Crippen LogP contribution is 2.24. The van der Waals surface area contributed by atoms with Gasteiger partial charge in [-0.1, -0.05) is 13.8 Å². The molecule has 14 heavy (non-hydrogen) atoms. The number of hydrogen-bond donors (Lipinski definition) is 1. The lowest BCUT2D eigenvalue weighted by Gasteiger charge is -2.38. The van der Waals surface area contributed by atoms with Gasteiger partial charge < -0.3 is 10.1 Å². The highest BCUT2D eigenvalue weighted by molar-refractivity contribution is 7.91. The van der Waals surface area contributed by atoms with E-state index in [1.54, 1.807) is 6.92 Å². The van der Waals surface area contributed by atoms with Gasteiger partial charge in [0.1, 0.15) is 0 Å². The van der Waals surface area contributed by atoms with E-state index in [0.717, 1.165) is 19.8 Å². The molecule has 1 rings (SSSR count). The van der Waals surface area contributed by atoms with Gasteiger partial charge in [0.05, 0.1) is 19.0 Å². The molecule has 5 heteroatoms. The quantitative estimate of drug-likeness (QED) is 0.644. The van der Waals surface area contributed by atoms with E-state index in [2.05, 4.69) is 12.2 Å². The maximum Gasteiger partial charge on any atom is 0.151 e. The first-order valence-electron chi connectivity index (χ1n) is 4.96. The number of nitrogens with one attached hydrogen (secondary N) is 1. The third kappa shape index (κ3) is 3.55. The van der Waals surface area contributed by atoms with E-state index in [1.807, 2.05) is 0 Å². The maximum absolute atomic E-state index is 11.1. The molecule has 0 amide bonds. The summed E-state index contributed by atoms with van der Waals surface area (Å²) in [7, 11) is -2.82. The zero-order valence-electron chi connectivity index (χ0n) is 8.88. The SMILES string of the molecule is CCS(=O)(=O)CCNCC1(C)COC1. The van der Waals surface area contributed by atoms with E-state index >= 15 is 0 Å². The van der Waals surface area contributed by atoms with Crippen LogP contribution in [0.15, 0.2) is 0 Å². The largest absolute Gasteiger partial charge is 0.380 e. The minimum absolute atomic E-state index is 0.218. The van der Waals surface area contributed by atoms with Gasteiger partial charge >= 0.3 is 0 Å². The first kappa shape index (κ1) is 11.9. The third-order valence-electron chi connectivity index (χ3n) is 2.48. The van der Waals surface area contributed by atoms with Crippen LogP contribution in [0.4, 0.5) is 0 Å². The van der Waals surface area contributed by atoms with E-state index in [9.17, 15) is 8.42 Å². The molecule has 0 atom stereocenters. The summed E-state index contributed by atoms with van der Waals surface area (Å²) in [6.45, 7) is 6.76. The molecule has 1 fully saturated rings. The topological polar surface area (TPSA) is 55.4 Å². The minimum Gasteiger partial charge on any atom is -0.380 e. The molecule has 1 N–H and O–H groups in total. The van der Waals surface area contributed by atoms with Crippen molar-refractivity contribution < 1.29 is 13.2 Å². The highest BCUT2D eigenvalue weighted by atomic mass is 32.2. The first-order chi connectivity index (χ1) is 6.47. The van der Waals surface area contributed by atoms with Crippen LogP contribution < -0.4 is 5.32 Å². The third-order valence-corrected chi connectivity index (χ3v) is 4.19. The number of hydrogen-bond acceptors (Lipinski definition) is 4. The van der Waals surface area contributed by atoms with Crippen LogP contribution in [-0.2, 0) is 14.6 Å². The second-order valence-electron chi connectivity index (χ2n) is 4.22. The molecule has 0 aliphatic carbocycles. The molecule has 1 aliphatic rings. The fourth-order valence-electron chi connectivity index (χ4n) is 1.31. The smallest absolute Gasteiger partial charge is 0.151 e. The molecule has 1 heterocycles. The van der Waals surface area contributed by atoms with Gasteiger partial charge in [0.15, 0.2) is 9.84 Å². The van der Waals surface area contributed by atoms with Crippen LogP contribution >= 0.6 is 0 Å². The van der Waals surface area contributed by atoms with Gasteiger partial charge in [0, 0.05) is 24.3 Å². The van der Waals surface area contributed by atoms with Crippen molar-refractivity contribution in [3.63, 3.8) is 0 Å². The highest BCUT2D eigenvalue weighted by Gasteiger charge is 2.32. The monoisotopic (exact) mass is 221 g/mol. The van der Waals surface area contributed by atoms with Crippen molar-refractivity contribution >= 4 is 9.84 Å². The number of ether oxygens (including phenoxy) is 1. The van der Waals surface area contributed by atoms with Gasteiger partial charge in [0.25, 0.3) is 0 Å². The fraction of sp³-hybridized carbons (Fsp3) is 1.00. The predicted molar refractivity (Wildman–Crippen MR) is 56.1 cm³/mol.